The van der Waals surface area contributed by atoms with Gasteiger partial charge in [0.25, 0.3) is 9.05 Å². The smallest absolute Gasteiger partial charge is 0.266 e. The average molecular weight is 246 g/mol. The van der Waals surface area contributed by atoms with Crippen molar-refractivity contribution >= 4 is 20.2 Å². The van der Waals surface area contributed by atoms with Crippen molar-refractivity contribution in [2.24, 2.45) is 0 Å². The third-order valence-electron chi connectivity index (χ3n) is 1.93. The van der Waals surface area contributed by atoms with E-state index >= 15 is 0 Å². The molecule has 0 aromatic heterocycles. The van der Waals surface area contributed by atoms with Gasteiger partial charge in [-0.1, -0.05) is 30.3 Å². The molecule has 84 valence electrons. The molecule has 3 nitrogen and oxygen atoms in total. The molecule has 1 N–H and O–H groups in total. The normalized spacial score (nSPS) is 14.7. The highest BCUT2D eigenvalue weighted by Crippen LogP contribution is 2.04. The second kappa shape index (κ2) is 6.17. The monoisotopic (exact) mass is 246 g/mol. The van der Waals surface area contributed by atoms with Crippen molar-refractivity contribution in [2.45, 2.75) is 19.3 Å². The van der Waals surface area contributed by atoms with E-state index < -0.39 is 9.05 Å². The maximum absolute atomic E-state index is 10.6. The molecule has 0 saturated heterocycles. The van der Waals surface area contributed by atoms with Gasteiger partial charge in [-0.25, -0.2) is 0 Å². The summed E-state index contributed by atoms with van der Waals surface area (Å²) in [7, 11) is -3.44. The molecule has 0 saturated carbocycles. The number of benzene rings is 1. The van der Waals surface area contributed by atoms with Gasteiger partial charge >= 0.3 is 0 Å². The molecule has 0 amide bonds. The van der Waals surface area contributed by atoms with Crippen molar-refractivity contribution in [1.82, 2.24) is 0 Å². The third-order valence-corrected chi connectivity index (χ3v) is 2.69. The molecule has 15 heavy (non-hydrogen) atoms. The predicted molar refractivity (Wildman–Crippen MR) is 63.5 cm³/mol. The molecule has 1 aromatic rings. The molecule has 0 bridgehead atoms. The maximum Gasteiger partial charge on any atom is 0.266 e. The summed E-state index contributed by atoms with van der Waals surface area (Å²) in [5, 5.41) is 0. The molecule has 0 fully saturated rings. The van der Waals surface area contributed by atoms with E-state index in [-0.39, 0.29) is 6.61 Å². The predicted octanol–water partition coefficient (Wildman–Crippen LogP) is 2.16. The zero-order chi connectivity index (χ0) is 11.1. The topological polar surface area (TPSA) is 46.5 Å². The average Bonchev–Trinajstić information content (AvgIpc) is 2.17. The summed E-state index contributed by atoms with van der Waals surface area (Å²) in [5.74, 6) is 0. The van der Waals surface area contributed by atoms with Crippen molar-refractivity contribution in [2.75, 3.05) is 6.61 Å². The highest BCUT2D eigenvalue weighted by Gasteiger charge is 1.99. The number of unbranched alkanes of at least 4 members (excludes halogenated alkanes) is 1. The van der Waals surface area contributed by atoms with Gasteiger partial charge in [-0.05, 0) is 24.8 Å². The third kappa shape index (κ3) is 6.57. The highest BCUT2D eigenvalue weighted by atomic mass is 32.9. The Balaban J connectivity index is 2.13. The first-order chi connectivity index (χ1) is 7.08. The Kier molecular flexibility index (Phi) is 5.17. The second-order valence-electron chi connectivity index (χ2n) is 3.19. The molecule has 1 atom stereocenters. The number of rotatable bonds is 6. The molecule has 0 radical (unpaired) electrons. The van der Waals surface area contributed by atoms with Gasteiger partial charge < -0.3 is 0 Å². The Morgan fingerprint density at radius 3 is 2.53 bits per heavy atom. The molecule has 0 aliphatic carbocycles. The SMILES string of the molecule is O=S(O)(=S)OCCCCc1ccccc1. The molecular formula is C10H14O3S2. The van der Waals surface area contributed by atoms with E-state index in [0.717, 1.165) is 19.3 Å². The maximum atomic E-state index is 10.6. The molecule has 0 spiro atoms. The van der Waals surface area contributed by atoms with E-state index in [2.05, 4.69) is 27.5 Å². The van der Waals surface area contributed by atoms with Crippen LogP contribution in [0.5, 0.6) is 0 Å². The molecule has 1 aromatic carbocycles. The number of aryl methyl sites for hydroxylation is 1. The van der Waals surface area contributed by atoms with Crippen molar-refractivity contribution in [3.05, 3.63) is 35.9 Å². The van der Waals surface area contributed by atoms with E-state index in [0.29, 0.717) is 0 Å². The molecule has 0 heterocycles. The van der Waals surface area contributed by atoms with Crippen molar-refractivity contribution in [3.63, 3.8) is 0 Å². The Bertz CT molecular complexity index is 373. The van der Waals surface area contributed by atoms with E-state index in [1.54, 1.807) is 0 Å². The van der Waals surface area contributed by atoms with Crippen LogP contribution in [0.25, 0.3) is 0 Å². The number of hydrogen-bond donors (Lipinski definition) is 1. The fourth-order valence-corrected chi connectivity index (χ4v) is 1.77. The van der Waals surface area contributed by atoms with E-state index in [4.69, 9.17) is 4.55 Å². The highest BCUT2D eigenvalue weighted by molar-refractivity contribution is 8.27. The van der Waals surface area contributed by atoms with Gasteiger partial charge in [-0.2, -0.15) is 4.21 Å². The first-order valence-corrected chi connectivity index (χ1v) is 7.10. The van der Waals surface area contributed by atoms with Crippen LogP contribution in [0.1, 0.15) is 18.4 Å². The Morgan fingerprint density at radius 2 is 1.93 bits per heavy atom. The molecule has 1 rings (SSSR count). The van der Waals surface area contributed by atoms with Crippen LogP contribution in [-0.4, -0.2) is 15.4 Å². The Morgan fingerprint density at radius 1 is 1.27 bits per heavy atom. The first-order valence-electron chi connectivity index (χ1n) is 4.74. The summed E-state index contributed by atoms with van der Waals surface area (Å²) in [4.78, 5) is 0. The quantitative estimate of drug-likeness (QED) is 0.781. The van der Waals surface area contributed by atoms with E-state index in [1.807, 2.05) is 18.2 Å². The van der Waals surface area contributed by atoms with Crippen molar-refractivity contribution in [1.29, 1.82) is 0 Å². The lowest BCUT2D eigenvalue weighted by atomic mass is 10.1. The fraction of sp³-hybridized carbons (Fsp3) is 0.400. The first kappa shape index (κ1) is 12.6. The standard InChI is InChI=1S/C10H14O3S2/c11-15(12,14)13-9-5-4-8-10-6-2-1-3-7-10/h1-3,6-7H,4-5,8-9H2,(H,11,12,14). The van der Waals surface area contributed by atoms with Crippen LogP contribution in [-0.2, 0) is 30.8 Å². The zero-order valence-corrected chi connectivity index (χ0v) is 9.93. The second-order valence-corrected chi connectivity index (χ2v) is 5.55. The van der Waals surface area contributed by atoms with Gasteiger partial charge in [0.2, 0.25) is 0 Å². The Hall–Kier alpha value is -0.490. The van der Waals surface area contributed by atoms with Gasteiger partial charge in [0, 0.05) is 11.2 Å². The molecule has 0 aliphatic heterocycles. The van der Waals surface area contributed by atoms with Crippen molar-refractivity contribution in [3.8, 4) is 0 Å². The van der Waals surface area contributed by atoms with Crippen LogP contribution < -0.4 is 0 Å². The lowest BCUT2D eigenvalue weighted by Crippen LogP contribution is -2.03. The minimum Gasteiger partial charge on any atom is -0.285 e. The van der Waals surface area contributed by atoms with Gasteiger partial charge in [0.15, 0.2) is 0 Å². The van der Waals surface area contributed by atoms with Crippen molar-refractivity contribution < 1.29 is 12.9 Å². The van der Waals surface area contributed by atoms with Crippen LogP contribution in [0.3, 0.4) is 0 Å². The zero-order valence-electron chi connectivity index (χ0n) is 8.30. The largest absolute Gasteiger partial charge is 0.285 e. The van der Waals surface area contributed by atoms with E-state index in [9.17, 15) is 4.21 Å². The minimum atomic E-state index is -3.44. The van der Waals surface area contributed by atoms with Crippen LogP contribution in [0.15, 0.2) is 30.3 Å². The van der Waals surface area contributed by atoms with E-state index in [1.165, 1.54) is 5.56 Å². The van der Waals surface area contributed by atoms with Crippen LogP contribution >= 0.6 is 0 Å². The number of hydrogen-bond acceptors (Lipinski definition) is 3. The summed E-state index contributed by atoms with van der Waals surface area (Å²) in [6.45, 7) is 0.242. The summed E-state index contributed by atoms with van der Waals surface area (Å²) in [6, 6.07) is 10.1. The molecule has 0 aliphatic rings. The summed E-state index contributed by atoms with van der Waals surface area (Å²) >= 11 is 4.19. The molecular weight excluding hydrogens is 232 g/mol. The van der Waals surface area contributed by atoms with Crippen LogP contribution in [0.4, 0.5) is 0 Å². The lowest BCUT2D eigenvalue weighted by molar-refractivity contribution is 0.296. The lowest BCUT2D eigenvalue weighted by Gasteiger charge is -2.02. The fourth-order valence-electron chi connectivity index (χ4n) is 1.24. The van der Waals surface area contributed by atoms with Gasteiger partial charge in [0.1, 0.15) is 0 Å². The molecule has 5 heteroatoms. The minimum absolute atomic E-state index is 0.242. The van der Waals surface area contributed by atoms with Gasteiger partial charge in [-0.3, -0.25) is 8.74 Å². The Labute approximate surface area is 95.2 Å². The summed E-state index contributed by atoms with van der Waals surface area (Å²) in [5.41, 5.74) is 1.26. The summed E-state index contributed by atoms with van der Waals surface area (Å²) in [6.07, 6.45) is 2.62. The molecule has 1 unspecified atom stereocenters. The van der Waals surface area contributed by atoms with Crippen LogP contribution in [0, 0.1) is 0 Å². The summed E-state index contributed by atoms with van der Waals surface area (Å²) < 4.78 is 23.8. The van der Waals surface area contributed by atoms with Gasteiger partial charge in [-0.15, -0.1) is 0 Å². The van der Waals surface area contributed by atoms with Gasteiger partial charge in [0.05, 0.1) is 6.61 Å². The van der Waals surface area contributed by atoms with Crippen LogP contribution in [0.2, 0.25) is 0 Å².